The van der Waals surface area contributed by atoms with Crippen LogP contribution in [0.2, 0.25) is 0 Å². The van der Waals surface area contributed by atoms with Gasteiger partial charge in [0.15, 0.2) is 0 Å². The zero-order valence-corrected chi connectivity index (χ0v) is 17.8. The number of pyridine rings is 2. The molecule has 2 aromatic carbocycles. The van der Waals surface area contributed by atoms with Gasteiger partial charge in [0.05, 0.1) is 6.61 Å². The van der Waals surface area contributed by atoms with Crippen molar-refractivity contribution in [1.82, 2.24) is 9.97 Å². The van der Waals surface area contributed by atoms with Crippen LogP contribution >= 0.6 is 0 Å². The van der Waals surface area contributed by atoms with Gasteiger partial charge < -0.3 is 15.2 Å². The SMILES string of the molecule is NC1=N[C@@]2(COC1)c1cc(-c3cccnc3F)ccc1Oc1ncc(-c3ccc(F)cc3)cc12. The van der Waals surface area contributed by atoms with E-state index in [0.717, 1.165) is 11.1 Å². The molecule has 0 unspecified atom stereocenters. The Morgan fingerprint density at radius 3 is 2.47 bits per heavy atom. The predicted octanol–water partition coefficient (Wildman–Crippen LogP) is 4.83. The Morgan fingerprint density at radius 1 is 0.882 bits per heavy atom. The number of fused-ring (bicyclic) bond motifs is 4. The number of benzene rings is 2. The van der Waals surface area contributed by atoms with Gasteiger partial charge in [0.25, 0.3) is 0 Å². The van der Waals surface area contributed by atoms with Crippen LogP contribution in [-0.2, 0) is 10.3 Å². The number of hydrogen-bond donors (Lipinski definition) is 1. The molecular formula is C26H18F2N4O2. The van der Waals surface area contributed by atoms with Crippen LogP contribution < -0.4 is 10.5 Å². The highest BCUT2D eigenvalue weighted by molar-refractivity contribution is 5.84. The topological polar surface area (TPSA) is 82.6 Å². The van der Waals surface area contributed by atoms with Gasteiger partial charge in [-0.25, -0.2) is 14.4 Å². The lowest BCUT2D eigenvalue weighted by atomic mass is 9.80. The Morgan fingerprint density at radius 2 is 1.68 bits per heavy atom. The van der Waals surface area contributed by atoms with Crippen molar-refractivity contribution in [2.75, 3.05) is 13.2 Å². The Hall–Kier alpha value is -4.17. The number of amidine groups is 1. The number of hydrogen-bond acceptors (Lipinski definition) is 6. The molecule has 2 aliphatic heterocycles. The first-order chi connectivity index (χ1) is 16.5. The van der Waals surface area contributed by atoms with E-state index >= 15 is 0 Å². The van der Waals surface area contributed by atoms with E-state index in [9.17, 15) is 8.78 Å². The quantitative estimate of drug-likeness (QED) is 0.437. The maximum Gasteiger partial charge on any atom is 0.225 e. The lowest BCUT2D eigenvalue weighted by molar-refractivity contribution is 0.109. The average molecular weight is 456 g/mol. The van der Waals surface area contributed by atoms with E-state index in [1.54, 1.807) is 42.6 Å². The van der Waals surface area contributed by atoms with E-state index in [4.69, 9.17) is 20.2 Å². The summed E-state index contributed by atoms with van der Waals surface area (Å²) in [5.41, 5.74) is 8.98. The highest BCUT2D eigenvalue weighted by Gasteiger charge is 2.45. The molecule has 0 bridgehead atoms. The number of nitrogens with zero attached hydrogens (tertiary/aromatic N) is 3. The number of rotatable bonds is 2. The van der Waals surface area contributed by atoms with Crippen LogP contribution in [0, 0.1) is 11.8 Å². The van der Waals surface area contributed by atoms with Crippen LogP contribution in [0.3, 0.4) is 0 Å². The van der Waals surface area contributed by atoms with Crippen molar-refractivity contribution in [1.29, 1.82) is 0 Å². The number of nitrogens with two attached hydrogens (primary N) is 1. The smallest absolute Gasteiger partial charge is 0.225 e. The summed E-state index contributed by atoms with van der Waals surface area (Å²) in [5.74, 6) is 0.342. The number of aliphatic imine (C=N–C) groups is 1. The molecule has 4 aromatic rings. The van der Waals surface area contributed by atoms with Gasteiger partial charge in [-0.15, -0.1) is 0 Å². The van der Waals surface area contributed by atoms with Gasteiger partial charge in [0, 0.05) is 34.6 Å². The van der Waals surface area contributed by atoms with Crippen molar-refractivity contribution in [2.24, 2.45) is 10.7 Å². The molecule has 1 spiro atoms. The fraction of sp³-hybridized carbons (Fsp3) is 0.115. The summed E-state index contributed by atoms with van der Waals surface area (Å²) in [6.07, 6.45) is 3.07. The van der Waals surface area contributed by atoms with Gasteiger partial charge in [-0.1, -0.05) is 18.2 Å². The Labute approximate surface area is 193 Å². The third-order valence-electron chi connectivity index (χ3n) is 6.07. The first-order valence-corrected chi connectivity index (χ1v) is 10.7. The minimum absolute atomic E-state index is 0.199. The second kappa shape index (κ2) is 7.71. The summed E-state index contributed by atoms with van der Waals surface area (Å²) in [7, 11) is 0. The molecule has 0 saturated carbocycles. The monoisotopic (exact) mass is 456 g/mol. The molecule has 0 saturated heterocycles. The van der Waals surface area contributed by atoms with Crippen molar-refractivity contribution < 1.29 is 18.3 Å². The fourth-order valence-electron chi connectivity index (χ4n) is 4.48. The normalized spacial score (nSPS) is 18.6. The van der Waals surface area contributed by atoms with E-state index in [2.05, 4.69) is 9.97 Å². The first kappa shape index (κ1) is 20.4. The lowest BCUT2D eigenvalue weighted by Crippen LogP contribution is -2.42. The molecule has 4 heterocycles. The van der Waals surface area contributed by atoms with Crippen molar-refractivity contribution in [3.63, 3.8) is 0 Å². The highest BCUT2D eigenvalue weighted by Crippen LogP contribution is 2.51. The molecule has 6 nitrogen and oxygen atoms in total. The first-order valence-electron chi connectivity index (χ1n) is 10.7. The van der Waals surface area contributed by atoms with Gasteiger partial charge in [-0.3, -0.25) is 4.99 Å². The van der Waals surface area contributed by atoms with E-state index in [0.29, 0.717) is 39.7 Å². The Bertz CT molecular complexity index is 1460. The second-order valence-corrected chi connectivity index (χ2v) is 8.19. The zero-order chi connectivity index (χ0) is 23.3. The molecular weight excluding hydrogens is 438 g/mol. The Kier molecular flexibility index (Phi) is 4.63. The molecule has 168 valence electrons. The van der Waals surface area contributed by atoms with Gasteiger partial charge in [0.2, 0.25) is 11.8 Å². The molecule has 6 rings (SSSR count). The van der Waals surface area contributed by atoms with E-state index < -0.39 is 11.5 Å². The summed E-state index contributed by atoms with van der Waals surface area (Å²) in [6, 6.07) is 16.8. The third-order valence-corrected chi connectivity index (χ3v) is 6.07. The Balaban J connectivity index is 1.57. The molecule has 0 amide bonds. The fourth-order valence-corrected chi connectivity index (χ4v) is 4.48. The largest absolute Gasteiger partial charge is 0.438 e. The molecule has 0 fully saturated rings. The molecule has 0 radical (unpaired) electrons. The number of ether oxygens (including phenoxy) is 2. The summed E-state index contributed by atoms with van der Waals surface area (Å²) < 4.78 is 39.9. The second-order valence-electron chi connectivity index (χ2n) is 8.19. The lowest BCUT2D eigenvalue weighted by Gasteiger charge is -2.39. The summed E-state index contributed by atoms with van der Waals surface area (Å²) in [4.78, 5) is 13.1. The molecule has 2 N–H and O–H groups in total. The van der Waals surface area contributed by atoms with Crippen LogP contribution in [0.5, 0.6) is 11.6 Å². The van der Waals surface area contributed by atoms with Gasteiger partial charge in [-0.05, 0) is 53.6 Å². The summed E-state index contributed by atoms with van der Waals surface area (Å²) >= 11 is 0. The van der Waals surface area contributed by atoms with Gasteiger partial charge in [0.1, 0.15) is 29.5 Å². The minimum atomic E-state index is -1.04. The molecule has 0 aliphatic carbocycles. The van der Waals surface area contributed by atoms with Crippen molar-refractivity contribution in [3.05, 3.63) is 95.9 Å². The van der Waals surface area contributed by atoms with E-state index in [1.165, 1.54) is 18.3 Å². The molecule has 1 atom stereocenters. The van der Waals surface area contributed by atoms with Crippen LogP contribution in [0.1, 0.15) is 11.1 Å². The van der Waals surface area contributed by atoms with Crippen LogP contribution in [-0.4, -0.2) is 29.0 Å². The maximum atomic E-state index is 14.5. The minimum Gasteiger partial charge on any atom is -0.438 e. The van der Waals surface area contributed by atoms with E-state index in [-0.39, 0.29) is 19.0 Å². The molecule has 8 heteroatoms. The van der Waals surface area contributed by atoms with Crippen molar-refractivity contribution in [2.45, 2.75) is 5.54 Å². The summed E-state index contributed by atoms with van der Waals surface area (Å²) in [5, 5.41) is 0. The maximum absolute atomic E-state index is 14.5. The number of aromatic nitrogens is 2. The molecule has 2 aromatic heterocycles. The zero-order valence-electron chi connectivity index (χ0n) is 17.8. The predicted molar refractivity (Wildman–Crippen MR) is 123 cm³/mol. The van der Waals surface area contributed by atoms with Crippen molar-refractivity contribution >= 4 is 5.84 Å². The van der Waals surface area contributed by atoms with Crippen LogP contribution in [0.25, 0.3) is 22.3 Å². The van der Waals surface area contributed by atoms with Crippen LogP contribution in [0.15, 0.2) is 78.0 Å². The van der Waals surface area contributed by atoms with E-state index in [1.807, 2.05) is 12.1 Å². The van der Waals surface area contributed by atoms with Gasteiger partial charge >= 0.3 is 0 Å². The van der Waals surface area contributed by atoms with Gasteiger partial charge in [-0.2, -0.15) is 4.39 Å². The highest BCUT2D eigenvalue weighted by atomic mass is 19.1. The standard InChI is InChI=1S/C26H18F2N4O2/c27-18-6-3-15(4-7-18)17-11-21-25(31-12-17)34-22-8-5-16(19-2-1-9-30-24(19)28)10-20(22)26(21)14-33-13-23(29)32-26/h1-12H,13-14H2,(H2,29,32)/t26-/m0/s1. The average Bonchev–Trinajstić information content (AvgIpc) is 2.85. The number of halogens is 2. The third kappa shape index (κ3) is 3.22. The molecule has 2 aliphatic rings. The molecule has 34 heavy (non-hydrogen) atoms. The van der Waals surface area contributed by atoms with Crippen molar-refractivity contribution in [3.8, 4) is 33.9 Å². The van der Waals surface area contributed by atoms with Crippen LogP contribution in [0.4, 0.5) is 8.78 Å². The summed E-state index contributed by atoms with van der Waals surface area (Å²) in [6.45, 7) is 0.403.